The second-order valence-corrected chi connectivity index (χ2v) is 6.38. The Hall–Kier alpha value is -0.330. The molecular formula is C18H34O. The van der Waals surface area contributed by atoms with Crippen molar-refractivity contribution in [3.05, 3.63) is 0 Å². The molecule has 1 heteroatoms. The molecule has 1 saturated carbocycles. The molecule has 1 aliphatic rings. The van der Waals surface area contributed by atoms with Crippen LogP contribution in [-0.2, 0) is 4.79 Å². The molecule has 1 rings (SSSR count). The Bertz CT molecular complexity index is 216. The molecule has 0 bridgehead atoms. The van der Waals surface area contributed by atoms with E-state index in [4.69, 9.17) is 0 Å². The average molecular weight is 266 g/mol. The van der Waals surface area contributed by atoms with Crippen molar-refractivity contribution in [3.63, 3.8) is 0 Å². The number of hydrogen-bond acceptors (Lipinski definition) is 1. The maximum absolute atomic E-state index is 12.0. The number of ketones is 1. The summed E-state index contributed by atoms with van der Waals surface area (Å²) < 4.78 is 0. The van der Waals surface area contributed by atoms with Gasteiger partial charge in [-0.3, -0.25) is 4.79 Å². The van der Waals surface area contributed by atoms with Crippen LogP contribution in [0.5, 0.6) is 0 Å². The van der Waals surface area contributed by atoms with E-state index in [1.165, 1.54) is 83.5 Å². The Labute approximate surface area is 120 Å². The fourth-order valence-electron chi connectivity index (χ4n) is 3.24. The first-order valence-corrected chi connectivity index (χ1v) is 8.87. The van der Waals surface area contributed by atoms with E-state index in [2.05, 4.69) is 6.92 Å². The van der Waals surface area contributed by atoms with Crippen molar-refractivity contribution in [3.8, 4) is 0 Å². The van der Waals surface area contributed by atoms with Crippen molar-refractivity contribution in [2.24, 2.45) is 5.92 Å². The second kappa shape index (κ2) is 11.5. The lowest BCUT2D eigenvalue weighted by molar-refractivity contribution is -0.123. The molecule has 112 valence electrons. The van der Waals surface area contributed by atoms with Gasteiger partial charge in [0.25, 0.3) is 0 Å². The van der Waals surface area contributed by atoms with Crippen LogP contribution in [0.25, 0.3) is 0 Å². The summed E-state index contributed by atoms with van der Waals surface area (Å²) in [6.07, 6.45) is 19.2. The van der Waals surface area contributed by atoms with Gasteiger partial charge in [0.1, 0.15) is 5.78 Å². The van der Waals surface area contributed by atoms with E-state index in [1.54, 1.807) is 0 Å². The molecule has 0 heterocycles. The fraction of sp³-hybridized carbons (Fsp3) is 0.944. The minimum Gasteiger partial charge on any atom is -0.299 e. The molecule has 0 aromatic heterocycles. The maximum Gasteiger partial charge on any atom is 0.135 e. The smallest absolute Gasteiger partial charge is 0.135 e. The van der Waals surface area contributed by atoms with Gasteiger partial charge in [0.2, 0.25) is 0 Å². The van der Waals surface area contributed by atoms with Gasteiger partial charge >= 0.3 is 0 Å². The van der Waals surface area contributed by atoms with E-state index in [1.807, 2.05) is 0 Å². The van der Waals surface area contributed by atoms with Crippen molar-refractivity contribution in [1.82, 2.24) is 0 Å². The number of Topliss-reactive ketones (excluding diaryl/α,β-unsaturated/α-hetero) is 1. The molecular weight excluding hydrogens is 232 g/mol. The van der Waals surface area contributed by atoms with Crippen LogP contribution in [0.1, 0.15) is 103 Å². The largest absolute Gasteiger partial charge is 0.299 e. The molecule has 0 unspecified atom stereocenters. The van der Waals surface area contributed by atoms with Crippen molar-refractivity contribution in [2.45, 2.75) is 103 Å². The van der Waals surface area contributed by atoms with Gasteiger partial charge in [-0.15, -0.1) is 0 Å². The first-order valence-electron chi connectivity index (χ1n) is 8.87. The lowest BCUT2D eigenvalue weighted by Crippen LogP contribution is -2.17. The van der Waals surface area contributed by atoms with Crippen LogP contribution in [0.15, 0.2) is 0 Å². The molecule has 19 heavy (non-hydrogen) atoms. The summed E-state index contributed by atoms with van der Waals surface area (Å²) >= 11 is 0. The monoisotopic (exact) mass is 266 g/mol. The highest BCUT2D eigenvalue weighted by atomic mass is 16.1. The zero-order chi connectivity index (χ0) is 13.8. The zero-order valence-corrected chi connectivity index (χ0v) is 13.1. The highest BCUT2D eigenvalue weighted by Gasteiger charge is 2.19. The Kier molecular flexibility index (Phi) is 10.1. The zero-order valence-electron chi connectivity index (χ0n) is 13.1. The van der Waals surface area contributed by atoms with Gasteiger partial charge in [0, 0.05) is 12.3 Å². The SMILES string of the molecule is CCCCCCCCCCCC(=O)C1CCCCC1. The highest BCUT2D eigenvalue weighted by molar-refractivity contribution is 5.80. The fourth-order valence-corrected chi connectivity index (χ4v) is 3.24. The molecule has 0 spiro atoms. The van der Waals surface area contributed by atoms with E-state index in [0.717, 1.165) is 12.8 Å². The van der Waals surface area contributed by atoms with Crippen molar-refractivity contribution in [2.75, 3.05) is 0 Å². The van der Waals surface area contributed by atoms with E-state index >= 15 is 0 Å². The molecule has 0 aromatic rings. The summed E-state index contributed by atoms with van der Waals surface area (Å²) in [4.78, 5) is 12.0. The van der Waals surface area contributed by atoms with Crippen molar-refractivity contribution in [1.29, 1.82) is 0 Å². The van der Waals surface area contributed by atoms with Crippen LogP contribution >= 0.6 is 0 Å². The summed E-state index contributed by atoms with van der Waals surface area (Å²) in [7, 11) is 0. The van der Waals surface area contributed by atoms with Crippen LogP contribution in [-0.4, -0.2) is 5.78 Å². The van der Waals surface area contributed by atoms with E-state index < -0.39 is 0 Å². The Morgan fingerprint density at radius 3 is 1.89 bits per heavy atom. The van der Waals surface area contributed by atoms with Gasteiger partial charge < -0.3 is 0 Å². The van der Waals surface area contributed by atoms with Gasteiger partial charge in [-0.05, 0) is 19.3 Å². The third-order valence-corrected chi connectivity index (χ3v) is 4.59. The van der Waals surface area contributed by atoms with Crippen LogP contribution in [0.4, 0.5) is 0 Å². The van der Waals surface area contributed by atoms with Crippen LogP contribution in [0.2, 0.25) is 0 Å². The van der Waals surface area contributed by atoms with Gasteiger partial charge in [-0.1, -0.05) is 77.6 Å². The first-order chi connectivity index (χ1) is 9.34. The van der Waals surface area contributed by atoms with E-state index in [-0.39, 0.29) is 0 Å². The topological polar surface area (TPSA) is 17.1 Å². The van der Waals surface area contributed by atoms with Gasteiger partial charge in [0.15, 0.2) is 0 Å². The minimum atomic E-state index is 0.433. The van der Waals surface area contributed by atoms with Crippen molar-refractivity contribution < 1.29 is 4.79 Å². The van der Waals surface area contributed by atoms with Crippen LogP contribution < -0.4 is 0 Å². The third kappa shape index (κ3) is 8.44. The molecule has 0 N–H and O–H groups in total. The summed E-state index contributed by atoms with van der Waals surface area (Å²) in [5.41, 5.74) is 0. The lowest BCUT2D eigenvalue weighted by atomic mass is 9.84. The number of carbonyl (C=O) groups is 1. The van der Waals surface area contributed by atoms with Crippen LogP contribution in [0, 0.1) is 5.92 Å². The third-order valence-electron chi connectivity index (χ3n) is 4.59. The highest BCUT2D eigenvalue weighted by Crippen LogP contribution is 2.26. The summed E-state index contributed by atoms with van der Waals surface area (Å²) in [6.45, 7) is 2.27. The van der Waals surface area contributed by atoms with E-state index in [9.17, 15) is 4.79 Å². The van der Waals surface area contributed by atoms with Gasteiger partial charge in [-0.25, -0.2) is 0 Å². The second-order valence-electron chi connectivity index (χ2n) is 6.38. The molecule has 0 aromatic carbocycles. The number of rotatable bonds is 11. The van der Waals surface area contributed by atoms with Crippen LogP contribution in [0.3, 0.4) is 0 Å². The molecule has 0 amide bonds. The number of hydrogen-bond donors (Lipinski definition) is 0. The molecule has 0 saturated heterocycles. The number of carbonyl (C=O) groups excluding carboxylic acids is 1. The standard InChI is InChI=1S/C18H34O/c1-2-3-4-5-6-7-8-9-13-16-18(19)17-14-11-10-12-15-17/h17H,2-16H2,1H3. The summed E-state index contributed by atoms with van der Waals surface area (Å²) in [5.74, 6) is 1.01. The Morgan fingerprint density at radius 1 is 0.789 bits per heavy atom. The Balaban J connectivity index is 1.86. The Morgan fingerprint density at radius 2 is 1.32 bits per heavy atom. The first kappa shape index (κ1) is 16.7. The summed E-state index contributed by atoms with van der Waals surface area (Å²) in [5, 5.41) is 0. The molecule has 0 atom stereocenters. The normalized spacial score (nSPS) is 16.7. The number of unbranched alkanes of at least 4 members (excludes halogenated alkanes) is 8. The predicted molar refractivity (Wildman–Crippen MR) is 83.4 cm³/mol. The average Bonchev–Trinajstić information content (AvgIpc) is 2.46. The lowest BCUT2D eigenvalue weighted by Gasteiger charge is -2.20. The van der Waals surface area contributed by atoms with Gasteiger partial charge in [0.05, 0.1) is 0 Å². The quantitative estimate of drug-likeness (QED) is 0.416. The van der Waals surface area contributed by atoms with Crippen molar-refractivity contribution >= 4 is 5.78 Å². The maximum atomic E-state index is 12.0. The van der Waals surface area contributed by atoms with E-state index in [0.29, 0.717) is 11.7 Å². The molecule has 0 radical (unpaired) electrons. The molecule has 0 aliphatic heterocycles. The summed E-state index contributed by atoms with van der Waals surface area (Å²) in [6, 6.07) is 0. The molecule has 1 aliphatic carbocycles. The van der Waals surface area contributed by atoms with Gasteiger partial charge in [-0.2, -0.15) is 0 Å². The molecule has 1 fully saturated rings. The predicted octanol–water partition coefficient (Wildman–Crippen LogP) is 6.06. The minimum absolute atomic E-state index is 0.433. The molecule has 1 nitrogen and oxygen atoms in total.